The second kappa shape index (κ2) is 18.6. The average Bonchev–Trinajstić information content (AvgIpc) is 4.03. The van der Waals surface area contributed by atoms with Crippen LogP contribution in [0.4, 0.5) is 10.6 Å². The van der Waals surface area contributed by atoms with E-state index in [1.165, 1.54) is 5.56 Å². The van der Waals surface area contributed by atoms with Crippen LogP contribution in [0.5, 0.6) is 11.5 Å². The first-order valence-corrected chi connectivity index (χ1v) is 20.1. The Labute approximate surface area is 335 Å². The van der Waals surface area contributed by atoms with Gasteiger partial charge in [0.1, 0.15) is 29.5 Å². The minimum Gasteiger partial charge on any atom is -0.490 e. The fraction of sp³-hybridized carbons (Fsp3) is 0.558. The van der Waals surface area contributed by atoms with E-state index in [-0.39, 0.29) is 24.0 Å². The van der Waals surface area contributed by atoms with E-state index in [4.69, 9.17) is 28.7 Å². The molecule has 3 fully saturated rings. The molecule has 3 atom stereocenters. The third-order valence-corrected chi connectivity index (χ3v) is 10.3. The van der Waals surface area contributed by atoms with Gasteiger partial charge < -0.3 is 39.2 Å². The Morgan fingerprint density at radius 2 is 1.75 bits per heavy atom. The lowest BCUT2D eigenvalue weighted by Crippen LogP contribution is -2.55. The summed E-state index contributed by atoms with van der Waals surface area (Å²) in [7, 11) is 1.54. The van der Waals surface area contributed by atoms with Gasteiger partial charge >= 0.3 is 6.09 Å². The molecule has 2 aromatic heterocycles. The first-order valence-electron chi connectivity index (χ1n) is 20.1. The highest BCUT2D eigenvalue weighted by atomic mass is 16.7. The molecule has 2 N–H and O–H groups in total. The maximum Gasteiger partial charge on any atom is 0.410 e. The predicted molar refractivity (Wildman–Crippen MR) is 215 cm³/mol. The van der Waals surface area contributed by atoms with Crippen LogP contribution in [0.1, 0.15) is 115 Å². The van der Waals surface area contributed by atoms with Crippen LogP contribution < -0.4 is 20.1 Å². The molecule has 1 saturated carbocycles. The summed E-state index contributed by atoms with van der Waals surface area (Å²) in [6.07, 6.45) is 7.79. The molecule has 14 heteroatoms. The van der Waals surface area contributed by atoms with Crippen LogP contribution in [-0.2, 0) is 14.2 Å². The van der Waals surface area contributed by atoms with Crippen molar-refractivity contribution in [2.24, 2.45) is 0 Å². The maximum absolute atomic E-state index is 13.8. The summed E-state index contributed by atoms with van der Waals surface area (Å²) in [5.41, 5.74) is 3.19. The highest BCUT2D eigenvalue weighted by Gasteiger charge is 2.33. The molecule has 57 heavy (non-hydrogen) atoms. The second-order valence-corrected chi connectivity index (χ2v) is 16.2. The van der Waals surface area contributed by atoms with E-state index in [1.807, 2.05) is 59.9 Å². The van der Waals surface area contributed by atoms with Crippen molar-refractivity contribution in [2.75, 3.05) is 58.4 Å². The van der Waals surface area contributed by atoms with Crippen LogP contribution in [0.15, 0.2) is 42.7 Å². The monoisotopic (exact) mass is 786 g/mol. The molecule has 2 aliphatic heterocycles. The number of hydrogen-bond acceptors (Lipinski definition) is 11. The normalized spacial score (nSPS) is 19.4. The minimum atomic E-state index is -0.584. The molecule has 3 amide bonds. The van der Waals surface area contributed by atoms with Crippen molar-refractivity contribution >= 4 is 23.7 Å². The lowest BCUT2D eigenvalue weighted by atomic mass is 10.0. The van der Waals surface area contributed by atoms with E-state index in [1.54, 1.807) is 30.3 Å². The SMILES string of the molecule is CNC(=O)c1cc(C(=O)Nc2ncc(OCCOC3CCCCO3)cc2C)c(C)cc1O[C@H](CN1CCN(C(=O)OC(C)(C)C)[C@H](C)C1)c1ccc(C2CC2)cn1. The van der Waals surface area contributed by atoms with E-state index in [9.17, 15) is 14.4 Å². The number of nitrogens with zero attached hydrogens (tertiary/aromatic N) is 4. The number of carbonyl (C=O) groups excluding carboxylic acids is 3. The zero-order chi connectivity index (χ0) is 40.7. The van der Waals surface area contributed by atoms with Crippen LogP contribution in [0.25, 0.3) is 0 Å². The first-order chi connectivity index (χ1) is 27.3. The number of amides is 3. The van der Waals surface area contributed by atoms with Gasteiger partial charge in [0.05, 0.1) is 24.1 Å². The molecular weight excluding hydrogens is 729 g/mol. The molecule has 0 radical (unpaired) electrons. The maximum atomic E-state index is 13.8. The van der Waals surface area contributed by atoms with E-state index in [0.29, 0.717) is 79.3 Å². The number of benzene rings is 1. The number of rotatable bonds is 14. The number of aryl methyl sites for hydroxylation is 2. The molecular formula is C43H58N6O8. The van der Waals surface area contributed by atoms with Gasteiger partial charge in [-0.15, -0.1) is 0 Å². The van der Waals surface area contributed by atoms with Crippen LogP contribution >= 0.6 is 0 Å². The zero-order valence-electron chi connectivity index (χ0n) is 34.4. The smallest absolute Gasteiger partial charge is 0.410 e. The highest BCUT2D eigenvalue weighted by Crippen LogP contribution is 2.40. The minimum absolute atomic E-state index is 0.0936. The first kappa shape index (κ1) is 41.8. The van der Waals surface area contributed by atoms with Gasteiger partial charge in [-0.05, 0) is 121 Å². The van der Waals surface area contributed by atoms with Gasteiger partial charge in [0.15, 0.2) is 12.4 Å². The third kappa shape index (κ3) is 11.4. The molecule has 308 valence electrons. The van der Waals surface area contributed by atoms with Crippen molar-refractivity contribution in [1.29, 1.82) is 0 Å². The van der Waals surface area contributed by atoms with Crippen molar-refractivity contribution in [3.05, 3.63) is 76.2 Å². The summed E-state index contributed by atoms with van der Waals surface area (Å²) in [4.78, 5) is 53.4. The van der Waals surface area contributed by atoms with Gasteiger partial charge in [-0.2, -0.15) is 0 Å². The molecule has 2 saturated heterocycles. The number of ether oxygens (including phenoxy) is 5. The van der Waals surface area contributed by atoms with Gasteiger partial charge in [-0.3, -0.25) is 19.5 Å². The molecule has 1 aliphatic carbocycles. The molecule has 4 heterocycles. The Balaban J connectivity index is 1.16. The van der Waals surface area contributed by atoms with Gasteiger partial charge in [0, 0.05) is 57.6 Å². The van der Waals surface area contributed by atoms with Gasteiger partial charge in [0.2, 0.25) is 0 Å². The molecule has 1 unspecified atom stereocenters. The third-order valence-electron chi connectivity index (χ3n) is 10.3. The van der Waals surface area contributed by atoms with Gasteiger partial charge in [-0.25, -0.2) is 9.78 Å². The van der Waals surface area contributed by atoms with Crippen molar-refractivity contribution in [3.63, 3.8) is 0 Å². The number of carbonyl (C=O) groups is 3. The van der Waals surface area contributed by atoms with Gasteiger partial charge in [0.25, 0.3) is 11.8 Å². The van der Waals surface area contributed by atoms with Crippen LogP contribution in [0.3, 0.4) is 0 Å². The molecule has 0 bridgehead atoms. The van der Waals surface area contributed by atoms with Crippen molar-refractivity contribution < 1.29 is 38.1 Å². The molecule has 0 spiro atoms. The fourth-order valence-corrected chi connectivity index (χ4v) is 7.09. The largest absolute Gasteiger partial charge is 0.490 e. The number of pyridine rings is 2. The molecule has 1 aromatic carbocycles. The lowest BCUT2D eigenvalue weighted by molar-refractivity contribution is -0.165. The predicted octanol–water partition coefficient (Wildman–Crippen LogP) is 6.57. The quantitative estimate of drug-likeness (QED) is 0.171. The topological polar surface area (TPSA) is 154 Å². The Morgan fingerprint density at radius 3 is 2.40 bits per heavy atom. The number of hydrogen-bond donors (Lipinski definition) is 2. The Bertz CT molecular complexity index is 1870. The van der Waals surface area contributed by atoms with E-state index < -0.39 is 23.5 Å². The van der Waals surface area contributed by atoms with Gasteiger partial charge in [-0.1, -0.05) is 6.07 Å². The van der Waals surface area contributed by atoms with E-state index in [2.05, 4.69) is 26.6 Å². The highest BCUT2D eigenvalue weighted by molar-refractivity contribution is 6.07. The number of anilines is 1. The Morgan fingerprint density at radius 1 is 0.947 bits per heavy atom. The zero-order valence-corrected chi connectivity index (χ0v) is 34.4. The average molecular weight is 787 g/mol. The van der Waals surface area contributed by atoms with Crippen LogP contribution in [0, 0.1) is 13.8 Å². The fourth-order valence-electron chi connectivity index (χ4n) is 7.09. The summed E-state index contributed by atoms with van der Waals surface area (Å²) in [5, 5.41) is 5.61. The van der Waals surface area contributed by atoms with Crippen LogP contribution in [0.2, 0.25) is 0 Å². The summed E-state index contributed by atoms with van der Waals surface area (Å²) >= 11 is 0. The van der Waals surface area contributed by atoms with E-state index >= 15 is 0 Å². The second-order valence-electron chi connectivity index (χ2n) is 16.2. The molecule has 3 aromatic rings. The van der Waals surface area contributed by atoms with Crippen molar-refractivity contribution in [1.82, 2.24) is 25.1 Å². The Hall–Kier alpha value is -4.79. The molecule has 6 rings (SSSR count). The molecule has 3 aliphatic rings. The summed E-state index contributed by atoms with van der Waals surface area (Å²) < 4.78 is 29.6. The number of aromatic nitrogens is 2. The van der Waals surface area contributed by atoms with Crippen molar-refractivity contribution in [2.45, 2.75) is 104 Å². The molecule has 14 nitrogen and oxygen atoms in total. The summed E-state index contributed by atoms with van der Waals surface area (Å²) in [6.45, 7) is 14.9. The summed E-state index contributed by atoms with van der Waals surface area (Å²) in [6, 6.07) is 9.11. The number of piperazine rings is 1. The summed E-state index contributed by atoms with van der Waals surface area (Å²) in [5.74, 6) is 0.998. The number of nitrogens with one attached hydrogen (secondary N) is 2. The van der Waals surface area contributed by atoms with E-state index in [0.717, 1.165) is 44.4 Å². The standard InChI is InChI=1S/C43H58N6O8/c1-27-21-36(56-37(35-14-13-31(23-45-35)30-11-12-30)26-48-15-16-49(29(3)25-48)42(52)57-43(4,5)6)34(40(50)44-7)22-33(27)41(51)47-39-28(2)20-32(24-46-39)53-18-19-55-38-10-8-9-17-54-38/h13-14,20-24,29-30,37-38H,8-12,15-19,25-26H2,1-7H3,(H,44,50)(H,46,47,51)/t29-,37-,38?/m1/s1. The van der Waals surface area contributed by atoms with Crippen LogP contribution in [-0.4, -0.2) is 109 Å². The van der Waals surface area contributed by atoms with Crippen molar-refractivity contribution in [3.8, 4) is 11.5 Å². The Kier molecular flexibility index (Phi) is 13.7. The lowest BCUT2D eigenvalue weighted by Gasteiger charge is -2.41.